The first-order chi connectivity index (χ1) is 10.1. The van der Waals surface area contributed by atoms with Gasteiger partial charge in [-0.1, -0.05) is 30.0 Å². The van der Waals surface area contributed by atoms with Crippen molar-refractivity contribution in [1.82, 2.24) is 15.2 Å². The van der Waals surface area contributed by atoms with Crippen LogP contribution in [0.25, 0.3) is 0 Å². The van der Waals surface area contributed by atoms with Gasteiger partial charge >= 0.3 is 0 Å². The number of nitrogens with zero attached hydrogens (tertiary/aromatic N) is 3. The molecule has 1 aliphatic rings. The molecule has 110 valence electrons. The molecule has 1 amide bonds. The summed E-state index contributed by atoms with van der Waals surface area (Å²) in [7, 11) is 0. The monoisotopic (exact) mass is 303 g/mol. The number of aryl methyl sites for hydroxylation is 1. The van der Waals surface area contributed by atoms with Gasteiger partial charge in [-0.3, -0.25) is 4.79 Å². The highest BCUT2D eigenvalue weighted by atomic mass is 32.2. The van der Waals surface area contributed by atoms with Crippen molar-refractivity contribution in [3.63, 3.8) is 0 Å². The second-order valence-electron chi connectivity index (χ2n) is 4.99. The lowest BCUT2D eigenvalue weighted by Gasteiger charge is -2.31. The lowest BCUT2D eigenvalue weighted by atomic mass is 10.0. The molecule has 3 N–H and O–H groups in total. The fourth-order valence-corrected chi connectivity index (χ4v) is 3.30. The van der Waals surface area contributed by atoms with Gasteiger partial charge in [0.15, 0.2) is 0 Å². The molecule has 1 aliphatic heterocycles. The van der Waals surface area contributed by atoms with E-state index in [1.165, 1.54) is 17.3 Å². The van der Waals surface area contributed by atoms with Gasteiger partial charge in [0, 0.05) is 12.2 Å². The lowest BCUT2D eigenvalue weighted by Crippen LogP contribution is -2.40. The average Bonchev–Trinajstić information content (AvgIpc) is 2.91. The van der Waals surface area contributed by atoms with E-state index in [-0.39, 0.29) is 17.1 Å². The molecule has 0 radical (unpaired) electrons. The molecule has 3 rings (SSSR count). The maximum absolute atomic E-state index is 12.7. The highest BCUT2D eigenvalue weighted by Gasteiger charge is 2.27. The molecule has 0 bridgehead atoms. The summed E-state index contributed by atoms with van der Waals surface area (Å²) < 4.78 is 0. The number of nitrogens with two attached hydrogens (primary N) is 1. The number of amides is 1. The molecule has 0 spiro atoms. The third-order valence-electron chi connectivity index (χ3n) is 3.49. The van der Waals surface area contributed by atoms with Gasteiger partial charge in [-0.15, -0.1) is 5.10 Å². The summed E-state index contributed by atoms with van der Waals surface area (Å²) in [4.78, 5) is 18.6. The Morgan fingerprint density at radius 1 is 1.48 bits per heavy atom. The third kappa shape index (κ3) is 2.87. The number of benzene rings is 1. The topological polar surface area (TPSA) is 87.9 Å². The molecule has 0 fully saturated rings. The van der Waals surface area contributed by atoms with Crippen LogP contribution < -0.4 is 10.6 Å². The van der Waals surface area contributed by atoms with Crippen LogP contribution in [0.1, 0.15) is 18.9 Å². The van der Waals surface area contributed by atoms with Crippen LogP contribution in [-0.4, -0.2) is 32.9 Å². The predicted octanol–water partition coefficient (Wildman–Crippen LogP) is 1.85. The van der Waals surface area contributed by atoms with Crippen LogP contribution >= 0.6 is 11.8 Å². The number of thioether (sulfide) groups is 1. The molecule has 7 heteroatoms. The molecule has 0 aliphatic carbocycles. The molecule has 1 atom stereocenters. The van der Waals surface area contributed by atoms with E-state index in [1.54, 1.807) is 0 Å². The first-order valence-corrected chi connectivity index (χ1v) is 7.77. The maximum Gasteiger partial charge on any atom is 0.240 e. The molecule has 0 saturated heterocycles. The first kappa shape index (κ1) is 13.9. The van der Waals surface area contributed by atoms with E-state index in [0.717, 1.165) is 25.1 Å². The van der Waals surface area contributed by atoms with Gasteiger partial charge in [0.2, 0.25) is 17.0 Å². The Morgan fingerprint density at radius 3 is 3.05 bits per heavy atom. The number of para-hydroxylation sites is 1. The van der Waals surface area contributed by atoms with Crippen molar-refractivity contribution in [2.75, 3.05) is 17.2 Å². The zero-order chi connectivity index (χ0) is 14.8. The number of nitrogen functional groups attached to an aromatic ring is 1. The van der Waals surface area contributed by atoms with Crippen molar-refractivity contribution in [1.29, 1.82) is 0 Å². The number of carbonyl (C=O) groups is 1. The lowest BCUT2D eigenvalue weighted by molar-refractivity contribution is -0.117. The van der Waals surface area contributed by atoms with Gasteiger partial charge in [-0.05, 0) is 31.4 Å². The van der Waals surface area contributed by atoms with E-state index in [4.69, 9.17) is 5.73 Å². The van der Waals surface area contributed by atoms with Crippen molar-refractivity contribution in [2.24, 2.45) is 0 Å². The Kier molecular flexibility index (Phi) is 3.83. The van der Waals surface area contributed by atoms with E-state index in [9.17, 15) is 4.79 Å². The molecule has 0 unspecified atom stereocenters. The number of rotatable bonds is 3. The van der Waals surface area contributed by atoms with Crippen LogP contribution in [0.4, 0.5) is 11.6 Å². The van der Waals surface area contributed by atoms with Crippen molar-refractivity contribution >= 4 is 29.3 Å². The number of hydrogen-bond acceptors (Lipinski definition) is 5. The Balaban J connectivity index is 1.76. The maximum atomic E-state index is 12.7. The van der Waals surface area contributed by atoms with Gasteiger partial charge in [0.25, 0.3) is 0 Å². The van der Waals surface area contributed by atoms with E-state index in [2.05, 4.69) is 21.2 Å². The molecule has 1 aromatic carbocycles. The van der Waals surface area contributed by atoms with E-state index in [0.29, 0.717) is 5.16 Å². The second kappa shape index (κ2) is 5.77. The number of fused-ring (bicyclic) bond motifs is 1. The minimum Gasteiger partial charge on any atom is -0.368 e. The SMILES string of the molecule is C[C@H](Sc1n[nH]c(N)n1)C(=O)N1CCCc2ccccc21. The minimum absolute atomic E-state index is 0.0792. The van der Waals surface area contributed by atoms with Crippen LogP contribution in [0.2, 0.25) is 0 Å². The third-order valence-corrected chi connectivity index (χ3v) is 4.44. The van der Waals surface area contributed by atoms with Crippen LogP contribution in [-0.2, 0) is 11.2 Å². The first-order valence-electron chi connectivity index (χ1n) is 6.89. The number of anilines is 2. The summed E-state index contributed by atoms with van der Waals surface area (Å²) in [5.41, 5.74) is 7.76. The Morgan fingerprint density at radius 2 is 2.29 bits per heavy atom. The number of aromatic nitrogens is 3. The number of hydrogen-bond donors (Lipinski definition) is 2. The summed E-state index contributed by atoms with van der Waals surface area (Å²) in [6.45, 7) is 2.63. The molecular weight excluding hydrogens is 286 g/mol. The van der Waals surface area contributed by atoms with Gasteiger partial charge in [0.1, 0.15) is 0 Å². The summed E-state index contributed by atoms with van der Waals surface area (Å²) in [6, 6.07) is 8.08. The van der Waals surface area contributed by atoms with E-state index in [1.807, 2.05) is 30.0 Å². The zero-order valence-electron chi connectivity index (χ0n) is 11.7. The van der Waals surface area contributed by atoms with E-state index >= 15 is 0 Å². The van der Waals surface area contributed by atoms with Crippen molar-refractivity contribution in [3.05, 3.63) is 29.8 Å². The van der Waals surface area contributed by atoms with Crippen LogP contribution in [0.3, 0.4) is 0 Å². The largest absolute Gasteiger partial charge is 0.368 e. The summed E-state index contributed by atoms with van der Waals surface area (Å²) in [5, 5.41) is 6.78. The van der Waals surface area contributed by atoms with Gasteiger partial charge in [-0.25, -0.2) is 5.10 Å². The Labute approximate surface area is 127 Å². The zero-order valence-corrected chi connectivity index (χ0v) is 12.6. The summed E-state index contributed by atoms with van der Waals surface area (Å²) in [6.07, 6.45) is 2.02. The number of H-pyrrole nitrogens is 1. The predicted molar refractivity (Wildman–Crippen MR) is 83.2 cm³/mol. The quantitative estimate of drug-likeness (QED) is 0.845. The average molecular weight is 303 g/mol. The molecular formula is C14H17N5OS. The van der Waals surface area contributed by atoms with Gasteiger partial charge in [-0.2, -0.15) is 4.98 Å². The standard InChI is InChI=1S/C14H17N5OS/c1-9(21-14-16-13(15)17-18-14)12(20)19-8-4-6-10-5-2-3-7-11(10)19/h2-3,5,7,9H,4,6,8H2,1H3,(H3,15,16,17,18)/t9-/m0/s1. The minimum atomic E-state index is -0.258. The molecule has 6 nitrogen and oxygen atoms in total. The second-order valence-corrected chi connectivity index (χ2v) is 6.29. The molecule has 2 heterocycles. The number of aromatic amines is 1. The normalized spacial score (nSPS) is 15.6. The smallest absolute Gasteiger partial charge is 0.240 e. The fraction of sp³-hybridized carbons (Fsp3) is 0.357. The molecule has 21 heavy (non-hydrogen) atoms. The molecule has 1 aromatic heterocycles. The molecule has 2 aromatic rings. The summed E-state index contributed by atoms with van der Waals surface area (Å²) in [5.74, 6) is 0.344. The highest BCUT2D eigenvalue weighted by Crippen LogP contribution is 2.30. The number of nitrogens with one attached hydrogen (secondary N) is 1. The molecule has 0 saturated carbocycles. The Bertz CT molecular complexity index is 656. The van der Waals surface area contributed by atoms with Crippen LogP contribution in [0.15, 0.2) is 29.4 Å². The number of carbonyl (C=O) groups excluding carboxylic acids is 1. The highest BCUT2D eigenvalue weighted by molar-refractivity contribution is 8.00. The van der Waals surface area contributed by atoms with Crippen LogP contribution in [0, 0.1) is 0 Å². The van der Waals surface area contributed by atoms with Crippen LogP contribution in [0.5, 0.6) is 0 Å². The van der Waals surface area contributed by atoms with Crippen molar-refractivity contribution in [2.45, 2.75) is 30.2 Å². The van der Waals surface area contributed by atoms with Gasteiger partial charge in [0.05, 0.1) is 5.25 Å². The Hall–Kier alpha value is -2.02. The fourth-order valence-electron chi connectivity index (χ4n) is 2.50. The van der Waals surface area contributed by atoms with Gasteiger partial charge < -0.3 is 10.6 Å². The summed E-state index contributed by atoms with van der Waals surface area (Å²) >= 11 is 1.32. The van der Waals surface area contributed by atoms with E-state index < -0.39 is 0 Å². The van der Waals surface area contributed by atoms with Crippen molar-refractivity contribution < 1.29 is 4.79 Å². The van der Waals surface area contributed by atoms with Crippen molar-refractivity contribution in [3.8, 4) is 0 Å².